The van der Waals surface area contributed by atoms with Gasteiger partial charge in [-0.2, -0.15) is 5.26 Å². The van der Waals surface area contributed by atoms with Crippen LogP contribution in [0.4, 0.5) is 0 Å². The second kappa shape index (κ2) is 15.4. The number of ether oxygens (including phenoxy) is 1. The minimum Gasteiger partial charge on any atom is -0.370 e. The molecule has 0 radical (unpaired) electrons. The zero-order chi connectivity index (χ0) is 25.5. The first-order valence-corrected chi connectivity index (χ1v) is 15.2. The Morgan fingerprint density at radius 1 is 0.861 bits per heavy atom. The summed E-state index contributed by atoms with van der Waals surface area (Å²) >= 11 is 0. The van der Waals surface area contributed by atoms with E-state index in [0.717, 1.165) is 51.6 Å². The molecule has 2 aliphatic rings. The van der Waals surface area contributed by atoms with E-state index in [1.807, 2.05) is 0 Å². The molecule has 2 nitrogen and oxygen atoms in total. The summed E-state index contributed by atoms with van der Waals surface area (Å²) in [5.41, 5.74) is 2.29. The van der Waals surface area contributed by atoms with Crippen molar-refractivity contribution in [1.29, 1.82) is 5.26 Å². The number of unbranched alkanes of at least 4 members (excludes halogenated alkanes) is 9. The molecule has 0 N–H and O–H groups in total. The van der Waals surface area contributed by atoms with Gasteiger partial charge >= 0.3 is 0 Å². The molecule has 1 atom stereocenters. The van der Waals surface area contributed by atoms with Crippen molar-refractivity contribution in [1.82, 2.24) is 0 Å². The monoisotopic (exact) mass is 489 g/mol. The highest BCUT2D eigenvalue weighted by molar-refractivity contribution is 5.75. The number of allylic oxidation sites excluding steroid dienone is 2. The summed E-state index contributed by atoms with van der Waals surface area (Å²) in [6.45, 7) is 5.39. The number of hydrogen-bond acceptors (Lipinski definition) is 2. The van der Waals surface area contributed by atoms with Crippen molar-refractivity contribution in [2.75, 3.05) is 6.61 Å². The maximum absolute atomic E-state index is 10.1. The van der Waals surface area contributed by atoms with Gasteiger partial charge < -0.3 is 4.74 Å². The molecule has 0 aromatic heterocycles. The second-order valence-corrected chi connectivity index (χ2v) is 11.5. The van der Waals surface area contributed by atoms with Gasteiger partial charge in [-0.3, -0.25) is 0 Å². The van der Waals surface area contributed by atoms with E-state index in [4.69, 9.17) is 4.74 Å². The predicted octanol–water partition coefficient (Wildman–Crippen LogP) is 10.2. The number of benzene rings is 1. The van der Waals surface area contributed by atoms with Crippen LogP contribution in [0.1, 0.15) is 129 Å². The summed E-state index contributed by atoms with van der Waals surface area (Å²) in [7, 11) is 0. The zero-order valence-electron chi connectivity index (χ0n) is 23.3. The molecule has 2 aliphatic carbocycles. The topological polar surface area (TPSA) is 33.0 Å². The van der Waals surface area contributed by atoms with E-state index in [1.54, 1.807) is 0 Å². The van der Waals surface area contributed by atoms with Crippen molar-refractivity contribution in [2.24, 2.45) is 11.3 Å². The van der Waals surface area contributed by atoms with Crippen molar-refractivity contribution in [3.8, 4) is 6.07 Å². The molecular weight excluding hydrogens is 438 g/mol. The Labute approximate surface area is 222 Å². The highest BCUT2D eigenvalue weighted by atomic mass is 16.5. The molecule has 198 valence electrons. The van der Waals surface area contributed by atoms with E-state index in [2.05, 4.69) is 68.5 Å². The standard InChI is InChI=1S/C34H51NO/c1-3-5-7-9-10-11-16-28-36-34(26-19-31(20-27-34)30-17-13-12-14-18-30)32-21-24-33(29-35,25-22-32)23-15-8-6-4-2/h12-14,17-20,26,32H,3-11,15-16,21-25,27-28H2,1-2H3. The first-order valence-electron chi connectivity index (χ1n) is 15.2. The molecule has 0 saturated heterocycles. The summed E-state index contributed by atoms with van der Waals surface area (Å²) in [5, 5.41) is 10.1. The summed E-state index contributed by atoms with van der Waals surface area (Å²) in [4.78, 5) is 0. The van der Waals surface area contributed by atoms with Gasteiger partial charge in [0.2, 0.25) is 0 Å². The maximum atomic E-state index is 10.1. The minimum absolute atomic E-state index is 0.104. The molecule has 0 heterocycles. The minimum atomic E-state index is -0.204. The van der Waals surface area contributed by atoms with E-state index in [9.17, 15) is 5.26 Å². The Bertz CT molecular complexity index is 840. The molecule has 0 spiro atoms. The van der Waals surface area contributed by atoms with Crippen molar-refractivity contribution >= 4 is 5.57 Å². The smallest absolute Gasteiger partial charge is 0.0928 e. The van der Waals surface area contributed by atoms with Gasteiger partial charge in [0.15, 0.2) is 0 Å². The van der Waals surface area contributed by atoms with Crippen LogP contribution in [0.2, 0.25) is 0 Å². The lowest BCUT2D eigenvalue weighted by atomic mass is 9.63. The molecule has 3 rings (SSSR count). The van der Waals surface area contributed by atoms with Crippen LogP contribution in [-0.4, -0.2) is 12.2 Å². The van der Waals surface area contributed by atoms with Crippen molar-refractivity contribution in [2.45, 2.75) is 129 Å². The van der Waals surface area contributed by atoms with E-state index in [-0.39, 0.29) is 11.0 Å². The normalized spacial score (nSPS) is 25.9. The molecule has 1 aromatic rings. The zero-order valence-corrected chi connectivity index (χ0v) is 23.3. The van der Waals surface area contributed by atoms with Crippen LogP contribution in [0.3, 0.4) is 0 Å². The fourth-order valence-electron chi connectivity index (χ4n) is 6.30. The Morgan fingerprint density at radius 2 is 1.50 bits per heavy atom. The lowest BCUT2D eigenvalue weighted by Crippen LogP contribution is -2.43. The van der Waals surface area contributed by atoms with Gasteiger partial charge in [0, 0.05) is 6.61 Å². The fraction of sp³-hybridized carbons (Fsp3) is 0.676. The van der Waals surface area contributed by atoms with Gasteiger partial charge in [-0.1, -0.05) is 127 Å². The Balaban J connectivity index is 1.60. The highest BCUT2D eigenvalue weighted by Gasteiger charge is 2.44. The van der Waals surface area contributed by atoms with Crippen molar-refractivity contribution in [3.63, 3.8) is 0 Å². The number of nitriles is 1. The lowest BCUT2D eigenvalue weighted by Gasteiger charge is -2.45. The van der Waals surface area contributed by atoms with Crippen LogP contribution in [0.5, 0.6) is 0 Å². The van der Waals surface area contributed by atoms with E-state index < -0.39 is 0 Å². The molecular formula is C34H51NO. The molecule has 0 bridgehead atoms. The Morgan fingerprint density at radius 3 is 2.11 bits per heavy atom. The molecule has 1 saturated carbocycles. The third-order valence-electron chi connectivity index (χ3n) is 8.79. The molecule has 0 amide bonds. The van der Waals surface area contributed by atoms with Gasteiger partial charge in [0.05, 0.1) is 17.1 Å². The average molecular weight is 490 g/mol. The Kier molecular flexibility index (Phi) is 12.3. The largest absolute Gasteiger partial charge is 0.370 e. The summed E-state index contributed by atoms with van der Waals surface area (Å²) in [6, 6.07) is 13.5. The lowest BCUT2D eigenvalue weighted by molar-refractivity contribution is -0.0685. The van der Waals surface area contributed by atoms with Crippen LogP contribution in [0.25, 0.3) is 5.57 Å². The predicted molar refractivity (Wildman–Crippen MR) is 154 cm³/mol. The van der Waals surface area contributed by atoms with E-state index >= 15 is 0 Å². The first kappa shape index (κ1) is 28.7. The van der Waals surface area contributed by atoms with Crippen LogP contribution in [0.15, 0.2) is 48.6 Å². The molecule has 1 unspecified atom stereocenters. The molecule has 0 aliphatic heterocycles. The summed E-state index contributed by atoms with van der Waals surface area (Å²) in [5.74, 6) is 0.504. The van der Waals surface area contributed by atoms with Gasteiger partial charge in [-0.15, -0.1) is 0 Å². The molecule has 36 heavy (non-hydrogen) atoms. The first-order chi connectivity index (χ1) is 17.7. The second-order valence-electron chi connectivity index (χ2n) is 11.5. The van der Waals surface area contributed by atoms with Crippen LogP contribution in [-0.2, 0) is 4.74 Å². The van der Waals surface area contributed by atoms with Gasteiger partial charge in [-0.25, -0.2) is 0 Å². The maximum Gasteiger partial charge on any atom is 0.0928 e. The van der Waals surface area contributed by atoms with Crippen molar-refractivity contribution < 1.29 is 4.74 Å². The number of rotatable bonds is 16. The van der Waals surface area contributed by atoms with Gasteiger partial charge in [-0.05, 0) is 62.0 Å². The van der Waals surface area contributed by atoms with Gasteiger partial charge in [0.25, 0.3) is 0 Å². The van der Waals surface area contributed by atoms with Crippen LogP contribution in [0, 0.1) is 22.7 Å². The Hall–Kier alpha value is -1.85. The van der Waals surface area contributed by atoms with Crippen LogP contribution >= 0.6 is 0 Å². The average Bonchev–Trinajstić information content (AvgIpc) is 2.94. The van der Waals surface area contributed by atoms with Crippen LogP contribution < -0.4 is 0 Å². The van der Waals surface area contributed by atoms with Gasteiger partial charge in [0.1, 0.15) is 0 Å². The quantitative estimate of drug-likeness (QED) is 0.216. The number of nitrogens with zero attached hydrogens (tertiary/aromatic N) is 1. The van der Waals surface area contributed by atoms with Crippen molar-refractivity contribution in [3.05, 3.63) is 54.1 Å². The molecule has 2 heteroatoms. The molecule has 1 fully saturated rings. The SMILES string of the molecule is CCCCCCCCCOC1(C2CCC(C#N)(CCCCCC)CC2)C=CC(c2ccccc2)=CC1. The van der Waals surface area contributed by atoms with E-state index in [0.29, 0.717) is 5.92 Å². The van der Waals surface area contributed by atoms with E-state index in [1.165, 1.54) is 75.3 Å². The molecule has 1 aromatic carbocycles. The number of hydrogen-bond donors (Lipinski definition) is 0. The summed E-state index contributed by atoms with van der Waals surface area (Å²) < 4.78 is 6.82. The fourth-order valence-corrected chi connectivity index (χ4v) is 6.30. The third kappa shape index (κ3) is 8.34. The summed E-state index contributed by atoms with van der Waals surface area (Å²) in [6.07, 6.45) is 27.6. The third-order valence-corrected chi connectivity index (χ3v) is 8.79. The highest BCUT2D eigenvalue weighted by Crippen LogP contribution is 2.49.